The molecular weight excluding hydrogens is 454 g/mol. The second kappa shape index (κ2) is 10.2. The molecule has 2 aromatic carbocycles. The molecule has 0 radical (unpaired) electrons. The number of nitrogens with one attached hydrogen (secondary N) is 1. The maximum atomic E-state index is 12.7. The van der Waals surface area contributed by atoms with Gasteiger partial charge in [-0.05, 0) is 42.3 Å². The minimum atomic E-state index is -1.05. The minimum Gasteiger partial charge on any atom is -0.478 e. The van der Waals surface area contributed by atoms with Gasteiger partial charge < -0.3 is 10.4 Å². The number of nitro groups is 1. The van der Waals surface area contributed by atoms with Gasteiger partial charge in [-0.15, -0.1) is 0 Å². The van der Waals surface area contributed by atoms with Crippen LogP contribution in [0.15, 0.2) is 53.4 Å². The first-order valence-corrected chi connectivity index (χ1v) is 10.6. The second-order valence-electron chi connectivity index (χ2n) is 6.72. The molecule has 1 aliphatic rings. The molecule has 1 aliphatic heterocycles. The molecule has 2 N–H and O–H groups in total. The zero-order chi connectivity index (χ0) is 23.3. The van der Waals surface area contributed by atoms with Crippen LogP contribution in [0, 0.1) is 10.1 Å². The Balaban J connectivity index is 1.54. The third kappa shape index (κ3) is 5.77. The standard InChI is InChI=1S/C21H17N3O6S2/c25-18(22-15-8-6-14(7-9-15)20(27)28)5-2-10-23-19(26)17(32-21(23)31)12-13-3-1-4-16(11-13)24(29)30/h1,3-4,6-9,11-12H,2,5,10H2,(H,22,25)(H,27,28)/b17-12-. The average Bonchev–Trinajstić information content (AvgIpc) is 3.01. The van der Waals surface area contributed by atoms with Gasteiger partial charge in [-0.3, -0.25) is 24.6 Å². The summed E-state index contributed by atoms with van der Waals surface area (Å²) >= 11 is 6.37. The highest BCUT2D eigenvalue weighted by atomic mass is 32.2. The number of thiocarbonyl (C=S) groups is 1. The molecule has 3 rings (SSSR count). The van der Waals surface area contributed by atoms with Crippen LogP contribution in [0.3, 0.4) is 0 Å². The lowest BCUT2D eigenvalue weighted by Gasteiger charge is -2.14. The smallest absolute Gasteiger partial charge is 0.335 e. The van der Waals surface area contributed by atoms with Crippen LogP contribution in [0.2, 0.25) is 0 Å². The van der Waals surface area contributed by atoms with E-state index in [1.807, 2.05) is 0 Å². The van der Waals surface area contributed by atoms with Gasteiger partial charge in [0.15, 0.2) is 0 Å². The Morgan fingerprint density at radius 3 is 2.59 bits per heavy atom. The number of benzene rings is 2. The molecular formula is C21H17N3O6S2. The van der Waals surface area contributed by atoms with Crippen molar-refractivity contribution in [2.75, 3.05) is 11.9 Å². The highest BCUT2D eigenvalue weighted by Crippen LogP contribution is 2.33. The SMILES string of the molecule is O=C(CCCN1C(=O)/C(=C/c2cccc([N+](=O)[O-])c2)SC1=S)Nc1ccc(C(=O)O)cc1. The summed E-state index contributed by atoms with van der Waals surface area (Å²) < 4.78 is 0.358. The normalized spacial score (nSPS) is 14.6. The first-order chi connectivity index (χ1) is 15.2. The molecule has 0 aliphatic carbocycles. The van der Waals surface area contributed by atoms with E-state index in [1.165, 1.54) is 41.3 Å². The van der Waals surface area contributed by atoms with Gasteiger partial charge in [0.25, 0.3) is 11.6 Å². The van der Waals surface area contributed by atoms with E-state index in [0.717, 1.165) is 11.8 Å². The number of hydrogen-bond acceptors (Lipinski definition) is 7. The molecule has 1 heterocycles. The van der Waals surface area contributed by atoms with Crippen LogP contribution in [-0.2, 0) is 9.59 Å². The maximum absolute atomic E-state index is 12.7. The summed E-state index contributed by atoms with van der Waals surface area (Å²) in [5.74, 6) is -1.63. The summed E-state index contributed by atoms with van der Waals surface area (Å²) in [4.78, 5) is 47.8. The quantitative estimate of drug-likeness (QED) is 0.256. The van der Waals surface area contributed by atoms with Gasteiger partial charge in [-0.1, -0.05) is 36.1 Å². The fourth-order valence-electron chi connectivity index (χ4n) is 2.89. The van der Waals surface area contributed by atoms with E-state index < -0.39 is 10.9 Å². The lowest BCUT2D eigenvalue weighted by atomic mass is 10.2. The zero-order valence-corrected chi connectivity index (χ0v) is 18.1. The number of carbonyl (C=O) groups is 3. The lowest BCUT2D eigenvalue weighted by Crippen LogP contribution is -2.29. The Morgan fingerprint density at radius 1 is 1.22 bits per heavy atom. The fraction of sp³-hybridized carbons (Fsp3) is 0.143. The van der Waals surface area contributed by atoms with Crippen LogP contribution in [0.5, 0.6) is 0 Å². The molecule has 0 atom stereocenters. The summed E-state index contributed by atoms with van der Waals surface area (Å²) in [6, 6.07) is 11.7. The van der Waals surface area contributed by atoms with E-state index in [2.05, 4.69) is 5.32 Å². The summed E-state index contributed by atoms with van der Waals surface area (Å²) in [5.41, 5.74) is 1.05. The number of anilines is 1. The van der Waals surface area contributed by atoms with Crippen LogP contribution in [0.4, 0.5) is 11.4 Å². The molecule has 2 aromatic rings. The van der Waals surface area contributed by atoms with Crippen LogP contribution in [-0.4, -0.2) is 43.6 Å². The summed E-state index contributed by atoms with van der Waals surface area (Å²) in [5, 5.41) is 22.5. The van der Waals surface area contributed by atoms with E-state index in [0.29, 0.717) is 26.9 Å². The number of carboxylic acids is 1. The molecule has 9 nitrogen and oxygen atoms in total. The molecule has 0 aromatic heterocycles. The van der Waals surface area contributed by atoms with E-state index >= 15 is 0 Å². The van der Waals surface area contributed by atoms with E-state index in [-0.39, 0.29) is 36.0 Å². The maximum Gasteiger partial charge on any atom is 0.335 e. The van der Waals surface area contributed by atoms with Crippen molar-refractivity contribution in [3.8, 4) is 0 Å². The number of non-ortho nitro benzene ring substituents is 1. The number of aromatic carboxylic acids is 1. The third-order valence-corrected chi connectivity index (χ3v) is 5.83. The minimum absolute atomic E-state index is 0.0714. The number of rotatable bonds is 8. The number of amides is 2. The molecule has 0 saturated carbocycles. The monoisotopic (exact) mass is 471 g/mol. The van der Waals surface area contributed by atoms with Crippen LogP contribution < -0.4 is 5.32 Å². The number of nitrogens with zero attached hydrogens (tertiary/aromatic N) is 2. The third-order valence-electron chi connectivity index (χ3n) is 4.45. The number of hydrogen-bond donors (Lipinski definition) is 2. The van der Waals surface area contributed by atoms with Crippen molar-refractivity contribution in [3.05, 3.63) is 74.7 Å². The highest BCUT2D eigenvalue weighted by molar-refractivity contribution is 8.26. The topological polar surface area (TPSA) is 130 Å². The number of thioether (sulfide) groups is 1. The molecule has 164 valence electrons. The molecule has 11 heteroatoms. The Labute approximate surface area is 192 Å². The van der Waals surface area contributed by atoms with Crippen molar-refractivity contribution in [2.24, 2.45) is 0 Å². The van der Waals surface area contributed by atoms with Crippen LogP contribution in [0.25, 0.3) is 6.08 Å². The summed E-state index contributed by atoms with van der Waals surface area (Å²) in [6.45, 7) is 0.252. The molecule has 1 fully saturated rings. The summed E-state index contributed by atoms with van der Waals surface area (Å²) in [6.07, 6.45) is 2.07. The zero-order valence-electron chi connectivity index (χ0n) is 16.5. The molecule has 0 spiro atoms. The first-order valence-electron chi connectivity index (χ1n) is 9.37. The molecule has 0 bridgehead atoms. The average molecular weight is 472 g/mol. The van der Waals surface area contributed by atoms with Crippen molar-refractivity contribution in [1.82, 2.24) is 4.90 Å². The number of carbonyl (C=O) groups excluding carboxylic acids is 2. The summed E-state index contributed by atoms with van der Waals surface area (Å²) in [7, 11) is 0. The van der Waals surface area contributed by atoms with Gasteiger partial charge in [-0.25, -0.2) is 4.79 Å². The molecule has 0 unspecified atom stereocenters. The van der Waals surface area contributed by atoms with Crippen molar-refractivity contribution in [2.45, 2.75) is 12.8 Å². The van der Waals surface area contributed by atoms with E-state index in [4.69, 9.17) is 17.3 Å². The van der Waals surface area contributed by atoms with Gasteiger partial charge in [0.1, 0.15) is 4.32 Å². The van der Waals surface area contributed by atoms with Gasteiger partial charge in [0.2, 0.25) is 5.91 Å². The number of carboxylic acid groups (broad SMARTS) is 1. The van der Waals surface area contributed by atoms with Gasteiger partial charge in [0, 0.05) is 30.8 Å². The Morgan fingerprint density at radius 2 is 1.94 bits per heavy atom. The molecule has 32 heavy (non-hydrogen) atoms. The predicted molar refractivity (Wildman–Crippen MR) is 124 cm³/mol. The van der Waals surface area contributed by atoms with Crippen molar-refractivity contribution >= 4 is 63.5 Å². The van der Waals surface area contributed by atoms with E-state index in [1.54, 1.807) is 18.2 Å². The van der Waals surface area contributed by atoms with Crippen molar-refractivity contribution in [1.29, 1.82) is 0 Å². The first kappa shape index (κ1) is 23.1. The lowest BCUT2D eigenvalue weighted by molar-refractivity contribution is -0.384. The largest absolute Gasteiger partial charge is 0.478 e. The number of nitro benzene ring substituents is 1. The van der Waals surface area contributed by atoms with Gasteiger partial charge in [-0.2, -0.15) is 0 Å². The van der Waals surface area contributed by atoms with Crippen LogP contribution >= 0.6 is 24.0 Å². The molecule has 2 amide bonds. The Bertz CT molecular complexity index is 1130. The van der Waals surface area contributed by atoms with Gasteiger partial charge in [0.05, 0.1) is 15.4 Å². The Kier molecular flexibility index (Phi) is 7.33. The fourth-order valence-corrected chi connectivity index (χ4v) is 4.20. The molecule has 1 saturated heterocycles. The van der Waals surface area contributed by atoms with Crippen LogP contribution in [0.1, 0.15) is 28.8 Å². The van der Waals surface area contributed by atoms with E-state index in [9.17, 15) is 24.5 Å². The van der Waals surface area contributed by atoms with Gasteiger partial charge >= 0.3 is 5.97 Å². The van der Waals surface area contributed by atoms with Crippen molar-refractivity contribution in [3.63, 3.8) is 0 Å². The van der Waals surface area contributed by atoms with Crippen molar-refractivity contribution < 1.29 is 24.4 Å². The Hall–Kier alpha value is -3.57. The predicted octanol–water partition coefficient (Wildman–Crippen LogP) is 3.91. The second-order valence-corrected chi connectivity index (χ2v) is 8.40. The highest BCUT2D eigenvalue weighted by Gasteiger charge is 2.31.